The Morgan fingerprint density at radius 2 is 1.95 bits per heavy atom. The molecule has 0 aromatic heterocycles. The number of nitrogens with one attached hydrogen (secondary N) is 2. The minimum absolute atomic E-state index is 0.0781. The molecule has 1 rings (SSSR count). The van der Waals surface area contributed by atoms with Crippen LogP contribution in [0.25, 0.3) is 0 Å². The lowest BCUT2D eigenvalue weighted by molar-refractivity contribution is -0.122. The van der Waals surface area contributed by atoms with E-state index in [9.17, 15) is 9.59 Å². The lowest BCUT2D eigenvalue weighted by Gasteiger charge is -2.15. The van der Waals surface area contributed by atoms with E-state index in [1.807, 2.05) is 0 Å². The molecule has 0 aliphatic carbocycles. The van der Waals surface area contributed by atoms with Gasteiger partial charge in [0.2, 0.25) is 11.8 Å². The van der Waals surface area contributed by atoms with Crippen molar-refractivity contribution in [1.82, 2.24) is 10.2 Å². The summed E-state index contributed by atoms with van der Waals surface area (Å²) in [4.78, 5) is 24.8. The number of nitrogens with zero attached hydrogens (tertiary/aromatic N) is 1. The van der Waals surface area contributed by atoms with Crippen molar-refractivity contribution in [3.63, 3.8) is 0 Å². The third-order valence-corrected chi connectivity index (χ3v) is 2.69. The first-order valence-corrected chi connectivity index (χ1v) is 6.34. The van der Waals surface area contributed by atoms with Crippen molar-refractivity contribution in [3.8, 4) is 12.3 Å². The first-order valence-electron chi connectivity index (χ1n) is 5.96. The number of carbonyl (C=O) groups excluding carboxylic acids is 2. The summed E-state index contributed by atoms with van der Waals surface area (Å²) in [5.74, 6) is 1.84. The summed E-state index contributed by atoms with van der Waals surface area (Å²) in [5.41, 5.74) is 0.546. The molecule has 2 amide bonds. The van der Waals surface area contributed by atoms with Crippen LogP contribution in [0.2, 0.25) is 5.02 Å². The zero-order valence-corrected chi connectivity index (χ0v) is 11.9. The van der Waals surface area contributed by atoms with Crippen molar-refractivity contribution < 1.29 is 9.59 Å². The minimum Gasteiger partial charge on any atom is -0.344 e. The second kappa shape index (κ2) is 8.20. The highest BCUT2D eigenvalue weighted by atomic mass is 35.5. The summed E-state index contributed by atoms with van der Waals surface area (Å²) in [5, 5.41) is 5.67. The number of carbonyl (C=O) groups is 2. The van der Waals surface area contributed by atoms with Crippen LogP contribution in [-0.2, 0) is 9.59 Å². The van der Waals surface area contributed by atoms with Gasteiger partial charge in [-0.05, 0) is 19.2 Å². The predicted molar refractivity (Wildman–Crippen MR) is 79.4 cm³/mol. The molecule has 0 heterocycles. The third-order valence-electron chi connectivity index (χ3n) is 2.36. The van der Waals surface area contributed by atoms with Gasteiger partial charge >= 0.3 is 0 Å². The molecule has 1 aromatic carbocycles. The topological polar surface area (TPSA) is 61.4 Å². The molecule has 2 N–H and O–H groups in total. The maximum Gasteiger partial charge on any atom is 0.238 e. The zero-order chi connectivity index (χ0) is 15.0. The molecule has 0 aliphatic rings. The Balaban J connectivity index is 2.41. The molecule has 5 nitrogen and oxygen atoms in total. The molecule has 0 unspecified atom stereocenters. The van der Waals surface area contributed by atoms with Gasteiger partial charge in [0, 0.05) is 0 Å². The molecule has 0 radical (unpaired) electrons. The molecule has 106 valence electrons. The van der Waals surface area contributed by atoms with Crippen molar-refractivity contribution >= 4 is 29.1 Å². The summed E-state index contributed by atoms with van der Waals surface area (Å²) < 4.78 is 0. The fourth-order valence-electron chi connectivity index (χ4n) is 1.50. The van der Waals surface area contributed by atoms with Crippen molar-refractivity contribution in [1.29, 1.82) is 0 Å². The quantitative estimate of drug-likeness (QED) is 0.768. The number of amides is 2. The molecule has 6 heteroatoms. The van der Waals surface area contributed by atoms with E-state index in [4.69, 9.17) is 18.0 Å². The zero-order valence-electron chi connectivity index (χ0n) is 11.1. The van der Waals surface area contributed by atoms with E-state index in [1.165, 1.54) is 0 Å². The van der Waals surface area contributed by atoms with Crippen LogP contribution in [0.15, 0.2) is 24.3 Å². The van der Waals surface area contributed by atoms with Crippen molar-refractivity contribution in [2.75, 3.05) is 32.0 Å². The monoisotopic (exact) mass is 293 g/mol. The Bertz CT molecular complexity index is 525. The fourth-order valence-corrected chi connectivity index (χ4v) is 1.69. The third kappa shape index (κ3) is 5.74. The van der Waals surface area contributed by atoms with E-state index in [-0.39, 0.29) is 31.4 Å². The van der Waals surface area contributed by atoms with E-state index >= 15 is 0 Å². The summed E-state index contributed by atoms with van der Waals surface area (Å²) in [6.07, 6.45) is 5.03. The second-order valence-electron chi connectivity index (χ2n) is 4.18. The summed E-state index contributed by atoms with van der Waals surface area (Å²) >= 11 is 5.94. The summed E-state index contributed by atoms with van der Waals surface area (Å²) in [6, 6.07) is 6.95. The van der Waals surface area contributed by atoms with Crippen molar-refractivity contribution in [2.45, 2.75) is 0 Å². The summed E-state index contributed by atoms with van der Waals surface area (Å²) in [7, 11) is 1.67. The highest BCUT2D eigenvalue weighted by Crippen LogP contribution is 2.20. The Kier molecular flexibility index (Phi) is 6.57. The predicted octanol–water partition coefficient (Wildman–Crippen LogP) is 0.960. The van der Waals surface area contributed by atoms with Gasteiger partial charge in [-0.15, -0.1) is 6.42 Å². The number of likely N-dealkylation sites (N-methyl/N-ethyl adjacent to an activating group) is 1. The van der Waals surface area contributed by atoms with Crippen LogP contribution in [0.1, 0.15) is 0 Å². The number of benzene rings is 1. The highest BCUT2D eigenvalue weighted by molar-refractivity contribution is 6.33. The molecule has 0 fully saturated rings. The first kappa shape index (κ1) is 16.0. The number of para-hydroxylation sites is 1. The average molecular weight is 294 g/mol. The average Bonchev–Trinajstić information content (AvgIpc) is 2.38. The van der Waals surface area contributed by atoms with Crippen LogP contribution in [0.5, 0.6) is 0 Å². The molecule has 0 aliphatic heterocycles. The number of anilines is 1. The van der Waals surface area contributed by atoms with E-state index in [2.05, 4.69) is 16.6 Å². The highest BCUT2D eigenvalue weighted by Gasteiger charge is 2.11. The molecule has 0 saturated carbocycles. The van der Waals surface area contributed by atoms with Crippen LogP contribution in [0.3, 0.4) is 0 Å². The van der Waals surface area contributed by atoms with Crippen molar-refractivity contribution in [2.24, 2.45) is 0 Å². The van der Waals surface area contributed by atoms with Gasteiger partial charge in [-0.3, -0.25) is 14.5 Å². The minimum atomic E-state index is -0.245. The molecule has 0 atom stereocenters. The summed E-state index contributed by atoms with van der Waals surface area (Å²) in [6.45, 7) is 0.352. The number of halogens is 1. The van der Waals surface area contributed by atoms with E-state index in [0.29, 0.717) is 10.7 Å². The molecule has 0 saturated heterocycles. The standard InChI is InChI=1S/C14H16ClN3O2/c1-3-8-16-13(19)9-18(2)10-14(20)17-12-7-5-4-6-11(12)15/h1,4-7H,8-10H2,2H3,(H,16,19)(H,17,20). The molecule has 0 spiro atoms. The van der Waals surface area contributed by atoms with Gasteiger partial charge in [-0.2, -0.15) is 0 Å². The number of rotatable bonds is 6. The van der Waals surface area contributed by atoms with Gasteiger partial charge in [0.05, 0.1) is 30.3 Å². The second-order valence-corrected chi connectivity index (χ2v) is 4.59. The molecular weight excluding hydrogens is 278 g/mol. The maximum atomic E-state index is 11.8. The van der Waals surface area contributed by atoms with E-state index in [1.54, 1.807) is 36.2 Å². The Morgan fingerprint density at radius 3 is 2.60 bits per heavy atom. The van der Waals surface area contributed by atoms with Gasteiger partial charge in [0.15, 0.2) is 0 Å². The van der Waals surface area contributed by atoms with E-state index in [0.717, 1.165) is 0 Å². The van der Waals surface area contributed by atoms with Gasteiger partial charge in [0.25, 0.3) is 0 Å². The number of hydrogen-bond acceptors (Lipinski definition) is 3. The first-order chi connectivity index (χ1) is 9.52. The Hall–Kier alpha value is -2.03. The molecule has 0 bridgehead atoms. The maximum absolute atomic E-state index is 11.8. The van der Waals surface area contributed by atoms with Crippen LogP contribution in [0, 0.1) is 12.3 Å². The largest absolute Gasteiger partial charge is 0.344 e. The Labute approximate surface area is 123 Å². The molecule has 20 heavy (non-hydrogen) atoms. The van der Waals surface area contributed by atoms with Gasteiger partial charge in [-0.25, -0.2) is 0 Å². The van der Waals surface area contributed by atoms with Crippen molar-refractivity contribution in [3.05, 3.63) is 29.3 Å². The lowest BCUT2D eigenvalue weighted by Crippen LogP contribution is -2.39. The van der Waals surface area contributed by atoms with E-state index < -0.39 is 0 Å². The number of terminal acetylenes is 1. The normalized spacial score (nSPS) is 9.90. The van der Waals surface area contributed by atoms with Gasteiger partial charge < -0.3 is 10.6 Å². The Morgan fingerprint density at radius 1 is 1.30 bits per heavy atom. The van der Waals surface area contributed by atoms with Crippen LogP contribution >= 0.6 is 11.6 Å². The fraction of sp³-hybridized carbons (Fsp3) is 0.286. The smallest absolute Gasteiger partial charge is 0.238 e. The van der Waals surface area contributed by atoms with Gasteiger partial charge in [0.1, 0.15) is 0 Å². The van der Waals surface area contributed by atoms with Crippen LogP contribution in [0.4, 0.5) is 5.69 Å². The molecule has 1 aromatic rings. The molecular formula is C14H16ClN3O2. The van der Waals surface area contributed by atoms with Gasteiger partial charge in [-0.1, -0.05) is 29.7 Å². The van der Waals surface area contributed by atoms with Crippen LogP contribution < -0.4 is 10.6 Å². The van der Waals surface area contributed by atoms with Crippen LogP contribution in [-0.4, -0.2) is 43.4 Å². The SMILES string of the molecule is C#CCNC(=O)CN(C)CC(=O)Nc1ccccc1Cl. The lowest BCUT2D eigenvalue weighted by atomic mass is 10.3. The number of hydrogen-bond donors (Lipinski definition) is 2.